The molecule has 4 nitrogen and oxygen atoms in total. The van der Waals surface area contributed by atoms with Crippen LogP contribution in [-0.4, -0.2) is 27.3 Å². The number of H-pyrrole nitrogens is 1. The second kappa shape index (κ2) is 4.91. The highest BCUT2D eigenvalue weighted by molar-refractivity contribution is 5.87. The van der Waals surface area contributed by atoms with Gasteiger partial charge in [0.2, 0.25) is 5.91 Å². The number of aromatic nitrogens is 2. The van der Waals surface area contributed by atoms with Crippen molar-refractivity contribution in [3.05, 3.63) is 65.4 Å². The predicted molar refractivity (Wildman–Crippen MR) is 92.6 cm³/mol. The first kappa shape index (κ1) is 14.6. The fourth-order valence-corrected chi connectivity index (χ4v) is 4.36. The highest BCUT2D eigenvalue weighted by Crippen LogP contribution is 2.57. The van der Waals surface area contributed by atoms with Crippen molar-refractivity contribution >= 4 is 16.8 Å². The first-order valence-electron chi connectivity index (χ1n) is 8.58. The molecule has 0 saturated heterocycles. The van der Waals surface area contributed by atoms with Crippen molar-refractivity contribution in [1.82, 2.24) is 14.9 Å². The minimum absolute atomic E-state index is 0.0166. The van der Waals surface area contributed by atoms with E-state index in [4.69, 9.17) is 0 Å². The van der Waals surface area contributed by atoms with Crippen LogP contribution in [0.4, 0.5) is 4.39 Å². The summed E-state index contributed by atoms with van der Waals surface area (Å²) in [6, 6.07) is 8.23. The zero-order valence-electron chi connectivity index (χ0n) is 13.9. The van der Waals surface area contributed by atoms with E-state index in [2.05, 4.69) is 9.97 Å². The van der Waals surface area contributed by atoms with Crippen molar-refractivity contribution < 1.29 is 9.18 Å². The standard InChI is InChI=1S/C20H18FN3O/c1-12(25)24-11-20(6-7-20)17-15-10-22-8-5-16(15)23-18(17)19(24)13-3-2-4-14(21)9-13/h2-5,8-10,19,23H,6-7,11H2,1H3. The lowest BCUT2D eigenvalue weighted by atomic mass is 9.83. The molecular weight excluding hydrogens is 317 g/mol. The van der Waals surface area contributed by atoms with Crippen molar-refractivity contribution in [3.63, 3.8) is 0 Å². The molecule has 1 N–H and O–H groups in total. The molecule has 1 fully saturated rings. The van der Waals surface area contributed by atoms with E-state index < -0.39 is 0 Å². The van der Waals surface area contributed by atoms with Gasteiger partial charge in [0.1, 0.15) is 5.82 Å². The van der Waals surface area contributed by atoms with Gasteiger partial charge in [-0.2, -0.15) is 0 Å². The summed E-state index contributed by atoms with van der Waals surface area (Å²) in [5.74, 6) is -0.269. The number of carbonyl (C=O) groups is 1. The van der Waals surface area contributed by atoms with Gasteiger partial charge < -0.3 is 9.88 Å². The van der Waals surface area contributed by atoms with Crippen LogP contribution >= 0.6 is 0 Å². The van der Waals surface area contributed by atoms with Crippen LogP contribution in [0.1, 0.15) is 42.6 Å². The molecule has 2 aromatic heterocycles. The summed E-state index contributed by atoms with van der Waals surface area (Å²) in [5, 5.41) is 1.12. The minimum Gasteiger partial charge on any atom is -0.356 e. The molecule has 2 aliphatic rings. The molecular formula is C20H18FN3O. The molecule has 0 bridgehead atoms. The van der Waals surface area contributed by atoms with Gasteiger partial charge in [-0.05, 0) is 42.2 Å². The van der Waals surface area contributed by atoms with Crippen LogP contribution in [-0.2, 0) is 10.2 Å². The van der Waals surface area contributed by atoms with Gasteiger partial charge in [-0.1, -0.05) is 12.1 Å². The second-order valence-electron chi connectivity index (χ2n) is 7.22. The molecule has 3 aromatic rings. The number of fused-ring (bicyclic) bond motifs is 4. The molecule has 1 atom stereocenters. The number of rotatable bonds is 1. The summed E-state index contributed by atoms with van der Waals surface area (Å²) in [4.78, 5) is 22.1. The summed E-state index contributed by atoms with van der Waals surface area (Å²) in [5.41, 5.74) is 4.12. The Morgan fingerprint density at radius 3 is 2.92 bits per heavy atom. The topological polar surface area (TPSA) is 49.0 Å². The zero-order chi connectivity index (χ0) is 17.2. The van der Waals surface area contributed by atoms with Gasteiger partial charge in [-0.3, -0.25) is 9.78 Å². The fourth-order valence-electron chi connectivity index (χ4n) is 4.36. The smallest absolute Gasteiger partial charge is 0.220 e. The van der Waals surface area contributed by atoms with Crippen LogP contribution < -0.4 is 0 Å². The Bertz CT molecular complexity index is 1010. The molecule has 0 radical (unpaired) electrons. The molecule has 1 aliphatic heterocycles. The normalized spacial score (nSPS) is 20.7. The molecule has 1 aromatic carbocycles. The van der Waals surface area contributed by atoms with Crippen LogP contribution in [0, 0.1) is 5.82 Å². The summed E-state index contributed by atoms with van der Waals surface area (Å²) in [7, 11) is 0. The van der Waals surface area contributed by atoms with E-state index in [0.29, 0.717) is 6.54 Å². The molecule has 5 rings (SSSR count). The second-order valence-corrected chi connectivity index (χ2v) is 7.22. The Labute approximate surface area is 144 Å². The number of benzene rings is 1. The number of carbonyl (C=O) groups excluding carboxylic acids is 1. The SMILES string of the molecule is CC(=O)N1CC2(CC2)c2c([nH]c3ccncc23)C1c1cccc(F)c1. The maximum Gasteiger partial charge on any atom is 0.220 e. The van der Waals surface area contributed by atoms with Crippen molar-refractivity contribution in [3.8, 4) is 0 Å². The summed E-state index contributed by atoms with van der Waals surface area (Å²) >= 11 is 0. The van der Waals surface area contributed by atoms with Gasteiger partial charge >= 0.3 is 0 Å². The summed E-state index contributed by atoms with van der Waals surface area (Å²) in [6.45, 7) is 2.27. The zero-order valence-corrected chi connectivity index (χ0v) is 13.9. The molecule has 5 heteroatoms. The van der Waals surface area contributed by atoms with Gasteiger partial charge in [-0.25, -0.2) is 4.39 Å². The number of pyridine rings is 1. The number of aromatic amines is 1. The quantitative estimate of drug-likeness (QED) is 0.737. The molecule has 1 aliphatic carbocycles. The third kappa shape index (κ3) is 2.05. The van der Waals surface area contributed by atoms with E-state index in [9.17, 15) is 9.18 Å². The van der Waals surface area contributed by atoms with Crippen molar-refractivity contribution in [2.45, 2.75) is 31.2 Å². The molecule has 126 valence electrons. The molecule has 1 amide bonds. The Morgan fingerprint density at radius 2 is 2.20 bits per heavy atom. The maximum absolute atomic E-state index is 13.9. The first-order valence-corrected chi connectivity index (χ1v) is 8.58. The molecule has 1 spiro atoms. The van der Waals surface area contributed by atoms with Gasteiger partial charge in [0.05, 0.1) is 6.04 Å². The lowest BCUT2D eigenvalue weighted by Gasteiger charge is -2.40. The Hall–Kier alpha value is -2.69. The lowest BCUT2D eigenvalue weighted by Crippen LogP contribution is -2.44. The number of hydrogen-bond acceptors (Lipinski definition) is 2. The van der Waals surface area contributed by atoms with Crippen molar-refractivity contribution in [2.75, 3.05) is 6.54 Å². The van der Waals surface area contributed by atoms with Crippen LogP contribution in [0.25, 0.3) is 10.9 Å². The lowest BCUT2D eigenvalue weighted by molar-refractivity contribution is -0.131. The first-order chi connectivity index (χ1) is 12.1. The highest BCUT2D eigenvalue weighted by atomic mass is 19.1. The highest BCUT2D eigenvalue weighted by Gasteiger charge is 2.54. The molecule has 25 heavy (non-hydrogen) atoms. The number of amides is 1. The largest absolute Gasteiger partial charge is 0.356 e. The van der Waals surface area contributed by atoms with E-state index in [1.807, 2.05) is 23.2 Å². The predicted octanol–water partition coefficient (Wildman–Crippen LogP) is 3.69. The fraction of sp³-hybridized carbons (Fsp3) is 0.300. The van der Waals surface area contributed by atoms with Gasteiger partial charge in [0.25, 0.3) is 0 Å². The maximum atomic E-state index is 13.9. The van der Waals surface area contributed by atoms with Crippen molar-refractivity contribution in [2.24, 2.45) is 0 Å². The number of nitrogens with one attached hydrogen (secondary N) is 1. The Balaban J connectivity index is 1.80. The number of hydrogen-bond donors (Lipinski definition) is 1. The molecule has 1 unspecified atom stereocenters. The van der Waals surface area contributed by atoms with Gasteiger partial charge in [0.15, 0.2) is 0 Å². The Kier molecular flexibility index (Phi) is 2.87. The summed E-state index contributed by atoms with van der Waals surface area (Å²) < 4.78 is 13.9. The summed E-state index contributed by atoms with van der Waals surface area (Å²) in [6.07, 6.45) is 5.81. The van der Waals surface area contributed by atoms with Crippen molar-refractivity contribution in [1.29, 1.82) is 0 Å². The Morgan fingerprint density at radius 1 is 1.36 bits per heavy atom. The molecule has 1 saturated carbocycles. The van der Waals surface area contributed by atoms with Crippen LogP contribution in [0.2, 0.25) is 0 Å². The third-order valence-electron chi connectivity index (χ3n) is 5.64. The third-order valence-corrected chi connectivity index (χ3v) is 5.64. The van der Waals surface area contributed by atoms with E-state index in [0.717, 1.165) is 35.0 Å². The van der Waals surface area contributed by atoms with E-state index in [1.54, 1.807) is 19.2 Å². The van der Waals surface area contributed by atoms with Crippen LogP contribution in [0.5, 0.6) is 0 Å². The van der Waals surface area contributed by atoms with E-state index >= 15 is 0 Å². The van der Waals surface area contributed by atoms with E-state index in [1.165, 1.54) is 17.7 Å². The average molecular weight is 335 g/mol. The van der Waals surface area contributed by atoms with Crippen LogP contribution in [0.3, 0.4) is 0 Å². The van der Waals surface area contributed by atoms with Gasteiger partial charge in [0, 0.05) is 47.9 Å². The van der Waals surface area contributed by atoms with Crippen LogP contribution in [0.15, 0.2) is 42.7 Å². The monoisotopic (exact) mass is 335 g/mol. The molecule has 3 heterocycles. The number of nitrogens with zero attached hydrogens (tertiary/aromatic N) is 2. The van der Waals surface area contributed by atoms with E-state index in [-0.39, 0.29) is 23.2 Å². The number of halogens is 1. The minimum atomic E-state index is -0.290. The average Bonchev–Trinajstić information content (AvgIpc) is 3.24. The van der Waals surface area contributed by atoms with Gasteiger partial charge in [-0.15, -0.1) is 0 Å².